The largest absolute Gasteiger partial charge is 0.454 e. The number of nitrogens with zero attached hydrogens (tertiary/aromatic N) is 2. The van der Waals surface area contributed by atoms with E-state index in [0.717, 1.165) is 62.3 Å². The molecular formula is C25H30N2O3. The molecule has 30 heavy (non-hydrogen) atoms. The van der Waals surface area contributed by atoms with Crippen LogP contribution in [0.25, 0.3) is 0 Å². The number of likely N-dealkylation sites (tertiary alicyclic amines) is 1. The van der Waals surface area contributed by atoms with E-state index in [0.29, 0.717) is 18.5 Å². The molecule has 2 aliphatic heterocycles. The Balaban J connectivity index is 1.15. The highest BCUT2D eigenvalue weighted by Crippen LogP contribution is 2.33. The number of aryl methyl sites for hydroxylation is 1. The summed E-state index contributed by atoms with van der Waals surface area (Å²) in [6.45, 7) is 2.42. The van der Waals surface area contributed by atoms with Gasteiger partial charge in [-0.15, -0.1) is 0 Å². The van der Waals surface area contributed by atoms with Gasteiger partial charge in [-0.3, -0.25) is 9.69 Å². The van der Waals surface area contributed by atoms with Crippen molar-refractivity contribution < 1.29 is 14.3 Å². The Kier molecular flexibility index (Phi) is 5.38. The van der Waals surface area contributed by atoms with E-state index in [2.05, 4.69) is 29.2 Å². The van der Waals surface area contributed by atoms with Crippen LogP contribution in [0.5, 0.6) is 11.5 Å². The fourth-order valence-corrected chi connectivity index (χ4v) is 5.15. The van der Waals surface area contributed by atoms with E-state index in [-0.39, 0.29) is 12.7 Å². The first kappa shape index (κ1) is 19.4. The molecule has 2 heterocycles. The number of hydrogen-bond donors (Lipinski definition) is 0. The van der Waals surface area contributed by atoms with Crippen LogP contribution in [0.2, 0.25) is 0 Å². The molecule has 5 nitrogen and oxygen atoms in total. The van der Waals surface area contributed by atoms with Gasteiger partial charge < -0.3 is 14.4 Å². The molecule has 0 saturated carbocycles. The second-order valence-corrected chi connectivity index (χ2v) is 8.81. The lowest BCUT2D eigenvalue weighted by molar-refractivity contribution is -0.133. The van der Waals surface area contributed by atoms with Crippen molar-refractivity contribution in [1.29, 1.82) is 0 Å². The lowest BCUT2D eigenvalue weighted by atomic mass is 10.0. The minimum atomic E-state index is 0.231. The third kappa shape index (κ3) is 3.91. The number of fused-ring (bicyclic) bond motifs is 2. The third-order valence-corrected chi connectivity index (χ3v) is 6.98. The van der Waals surface area contributed by atoms with Gasteiger partial charge in [0.05, 0.1) is 0 Å². The number of benzene rings is 2. The van der Waals surface area contributed by atoms with E-state index >= 15 is 0 Å². The molecule has 2 aromatic rings. The molecule has 1 aliphatic carbocycles. The molecule has 1 amide bonds. The quantitative estimate of drug-likeness (QED) is 0.763. The minimum Gasteiger partial charge on any atom is -0.454 e. The highest BCUT2D eigenvalue weighted by Gasteiger charge is 2.32. The zero-order chi connectivity index (χ0) is 20.5. The predicted octanol–water partition coefficient (Wildman–Crippen LogP) is 3.44. The van der Waals surface area contributed by atoms with E-state index in [1.165, 1.54) is 11.1 Å². The number of carbonyl (C=O) groups is 1. The van der Waals surface area contributed by atoms with Crippen molar-refractivity contribution in [2.45, 2.75) is 50.6 Å². The van der Waals surface area contributed by atoms with Crippen molar-refractivity contribution in [2.75, 3.05) is 26.9 Å². The highest BCUT2D eigenvalue weighted by atomic mass is 16.7. The van der Waals surface area contributed by atoms with E-state index < -0.39 is 0 Å². The zero-order valence-corrected chi connectivity index (χ0v) is 17.7. The van der Waals surface area contributed by atoms with Crippen LogP contribution in [0, 0.1) is 0 Å². The first-order valence-corrected chi connectivity index (χ1v) is 11.1. The van der Waals surface area contributed by atoms with Gasteiger partial charge in [0, 0.05) is 32.1 Å². The van der Waals surface area contributed by atoms with Crippen LogP contribution < -0.4 is 9.47 Å². The maximum atomic E-state index is 12.9. The molecule has 2 aromatic carbocycles. The molecule has 0 N–H and O–H groups in total. The SMILES string of the molecule is CN(C(=O)CCc1ccc2c(c1)OCO2)[C@H]1CCCN(C2Cc3ccccc3C2)C1. The predicted molar refractivity (Wildman–Crippen MR) is 116 cm³/mol. The van der Waals surface area contributed by atoms with Crippen LogP contribution in [0.1, 0.15) is 36.0 Å². The van der Waals surface area contributed by atoms with Crippen LogP contribution in [0.4, 0.5) is 0 Å². The van der Waals surface area contributed by atoms with Crippen LogP contribution in [-0.4, -0.2) is 54.7 Å². The smallest absolute Gasteiger partial charge is 0.231 e. The van der Waals surface area contributed by atoms with E-state index in [4.69, 9.17) is 9.47 Å². The second-order valence-electron chi connectivity index (χ2n) is 8.81. The lowest BCUT2D eigenvalue weighted by Gasteiger charge is -2.40. The summed E-state index contributed by atoms with van der Waals surface area (Å²) in [6, 6.07) is 15.7. The molecule has 5 heteroatoms. The Morgan fingerprint density at radius 1 is 1.10 bits per heavy atom. The molecule has 0 aromatic heterocycles. The molecule has 3 aliphatic rings. The maximum Gasteiger partial charge on any atom is 0.231 e. The topological polar surface area (TPSA) is 42.0 Å². The number of ether oxygens (including phenoxy) is 2. The first-order chi connectivity index (χ1) is 14.7. The molecule has 1 fully saturated rings. The van der Waals surface area contributed by atoms with Crippen molar-refractivity contribution in [2.24, 2.45) is 0 Å². The fourth-order valence-electron chi connectivity index (χ4n) is 5.15. The van der Waals surface area contributed by atoms with Gasteiger partial charge in [-0.2, -0.15) is 0 Å². The van der Waals surface area contributed by atoms with Crippen LogP contribution in [0.15, 0.2) is 42.5 Å². The van der Waals surface area contributed by atoms with Gasteiger partial charge in [-0.05, 0) is 67.5 Å². The summed E-state index contributed by atoms with van der Waals surface area (Å²) in [5, 5.41) is 0. The number of hydrogen-bond acceptors (Lipinski definition) is 4. The van der Waals surface area contributed by atoms with Crippen molar-refractivity contribution >= 4 is 5.91 Å². The molecule has 1 atom stereocenters. The number of likely N-dealkylation sites (N-methyl/N-ethyl adjacent to an activating group) is 1. The maximum absolute atomic E-state index is 12.9. The van der Waals surface area contributed by atoms with Gasteiger partial charge in [0.25, 0.3) is 0 Å². The number of rotatable bonds is 5. The molecule has 158 valence electrons. The minimum absolute atomic E-state index is 0.231. The molecule has 0 spiro atoms. The van der Waals surface area contributed by atoms with Gasteiger partial charge in [0.15, 0.2) is 11.5 Å². The lowest BCUT2D eigenvalue weighted by Crippen LogP contribution is -2.51. The van der Waals surface area contributed by atoms with Gasteiger partial charge in [0.1, 0.15) is 0 Å². The highest BCUT2D eigenvalue weighted by molar-refractivity contribution is 5.76. The van der Waals surface area contributed by atoms with Crippen molar-refractivity contribution in [3.8, 4) is 11.5 Å². The summed E-state index contributed by atoms with van der Waals surface area (Å²) < 4.78 is 10.8. The normalized spacial score (nSPS) is 20.9. The standard InChI is InChI=1S/C25H30N2O3/c1-26(25(28)11-9-18-8-10-23-24(13-18)30-17-29-23)21-7-4-12-27(16-21)22-14-19-5-2-3-6-20(19)15-22/h2-3,5-6,8,10,13,21-22H,4,7,9,11-12,14-17H2,1H3/t21-/m0/s1. The summed E-state index contributed by atoms with van der Waals surface area (Å²) in [4.78, 5) is 17.5. The summed E-state index contributed by atoms with van der Waals surface area (Å²) >= 11 is 0. The summed E-state index contributed by atoms with van der Waals surface area (Å²) in [5.74, 6) is 1.81. The summed E-state index contributed by atoms with van der Waals surface area (Å²) in [5.41, 5.74) is 4.12. The second kappa shape index (κ2) is 8.31. The Hall–Kier alpha value is -2.53. The zero-order valence-electron chi connectivity index (χ0n) is 17.7. The number of carbonyl (C=O) groups excluding carboxylic acids is 1. The van der Waals surface area contributed by atoms with Crippen molar-refractivity contribution in [1.82, 2.24) is 9.80 Å². The Labute approximate surface area is 178 Å². The van der Waals surface area contributed by atoms with E-state index in [9.17, 15) is 4.79 Å². The summed E-state index contributed by atoms with van der Waals surface area (Å²) in [7, 11) is 1.99. The average Bonchev–Trinajstić information content (AvgIpc) is 3.43. The Morgan fingerprint density at radius 3 is 2.67 bits per heavy atom. The summed E-state index contributed by atoms with van der Waals surface area (Å²) in [6.07, 6.45) is 5.81. The Morgan fingerprint density at radius 2 is 1.87 bits per heavy atom. The van der Waals surface area contributed by atoms with Gasteiger partial charge in [-0.25, -0.2) is 0 Å². The molecule has 1 saturated heterocycles. The molecule has 0 bridgehead atoms. The molecule has 5 rings (SSSR count). The average molecular weight is 407 g/mol. The third-order valence-electron chi connectivity index (χ3n) is 6.98. The van der Waals surface area contributed by atoms with E-state index in [1.807, 2.05) is 30.1 Å². The fraction of sp³-hybridized carbons (Fsp3) is 0.480. The van der Waals surface area contributed by atoms with Crippen LogP contribution >= 0.6 is 0 Å². The first-order valence-electron chi connectivity index (χ1n) is 11.1. The van der Waals surface area contributed by atoms with Crippen LogP contribution in [0.3, 0.4) is 0 Å². The van der Waals surface area contributed by atoms with Gasteiger partial charge in [0.2, 0.25) is 12.7 Å². The Bertz CT molecular complexity index is 903. The molecule has 0 unspecified atom stereocenters. The monoisotopic (exact) mass is 406 g/mol. The van der Waals surface area contributed by atoms with Gasteiger partial charge >= 0.3 is 0 Å². The molecule has 0 radical (unpaired) electrons. The van der Waals surface area contributed by atoms with Crippen molar-refractivity contribution in [3.63, 3.8) is 0 Å². The van der Waals surface area contributed by atoms with E-state index in [1.54, 1.807) is 0 Å². The van der Waals surface area contributed by atoms with Crippen molar-refractivity contribution in [3.05, 3.63) is 59.2 Å². The molecular weight excluding hydrogens is 376 g/mol. The number of piperidine rings is 1. The van der Waals surface area contributed by atoms with Crippen LogP contribution in [-0.2, 0) is 24.1 Å². The van der Waals surface area contributed by atoms with Gasteiger partial charge in [-0.1, -0.05) is 30.3 Å². The number of amides is 1.